The van der Waals surface area contributed by atoms with E-state index >= 15 is 0 Å². The van der Waals surface area contributed by atoms with Crippen LogP contribution in [0.4, 0.5) is 0 Å². The summed E-state index contributed by atoms with van der Waals surface area (Å²) < 4.78 is 5.31. The van der Waals surface area contributed by atoms with Gasteiger partial charge in [0.1, 0.15) is 5.75 Å². The van der Waals surface area contributed by atoms with Crippen LogP contribution in [0.2, 0.25) is 0 Å². The van der Waals surface area contributed by atoms with Crippen molar-refractivity contribution in [3.05, 3.63) is 29.8 Å². The molecule has 1 aromatic rings. The number of ether oxygens (including phenoxy) is 1. The summed E-state index contributed by atoms with van der Waals surface area (Å²) in [6, 6.07) is 10.3. The van der Waals surface area contributed by atoms with Gasteiger partial charge in [-0.3, -0.25) is 9.80 Å². The Labute approximate surface area is 127 Å². The number of likely N-dealkylation sites (tertiary alicyclic amines) is 1. The number of fused-ring (bicyclic) bond motifs is 2. The Morgan fingerprint density at radius 2 is 1.81 bits per heavy atom. The molecule has 3 nitrogen and oxygen atoms in total. The van der Waals surface area contributed by atoms with Crippen LogP contribution in [0.5, 0.6) is 5.75 Å². The highest BCUT2D eigenvalue weighted by atomic mass is 16.5. The molecule has 0 radical (unpaired) electrons. The smallest absolute Gasteiger partial charge is 0.118 e. The largest absolute Gasteiger partial charge is 0.497 e. The van der Waals surface area contributed by atoms with E-state index in [-0.39, 0.29) is 0 Å². The number of piperidine rings is 3. The number of nitrogens with zero attached hydrogens (tertiary/aromatic N) is 2. The van der Waals surface area contributed by atoms with Gasteiger partial charge in [-0.1, -0.05) is 19.1 Å². The zero-order valence-corrected chi connectivity index (χ0v) is 13.2. The predicted octanol–water partition coefficient (Wildman–Crippen LogP) is 2.58. The molecule has 114 valence electrons. The van der Waals surface area contributed by atoms with Crippen LogP contribution >= 0.6 is 0 Å². The van der Waals surface area contributed by atoms with Crippen LogP contribution in [-0.2, 0) is 0 Å². The third-order valence-electron chi connectivity index (χ3n) is 6.04. The Kier molecular flexibility index (Phi) is 3.43. The molecule has 0 saturated carbocycles. The Balaban J connectivity index is 1.65. The Morgan fingerprint density at radius 3 is 2.43 bits per heavy atom. The second-order valence-electron chi connectivity index (χ2n) is 6.82. The van der Waals surface area contributed by atoms with E-state index in [9.17, 15) is 0 Å². The van der Waals surface area contributed by atoms with E-state index in [1.54, 1.807) is 7.11 Å². The molecule has 4 aliphatic rings. The van der Waals surface area contributed by atoms with Gasteiger partial charge in [-0.2, -0.15) is 0 Å². The molecule has 21 heavy (non-hydrogen) atoms. The average Bonchev–Trinajstić information content (AvgIpc) is 2.98. The van der Waals surface area contributed by atoms with E-state index < -0.39 is 0 Å². The van der Waals surface area contributed by atoms with Crippen molar-refractivity contribution in [3.8, 4) is 5.75 Å². The fourth-order valence-electron chi connectivity index (χ4n) is 5.04. The molecule has 0 aromatic heterocycles. The summed E-state index contributed by atoms with van der Waals surface area (Å²) in [5.74, 6) is 2.57. The molecule has 4 saturated heterocycles. The van der Waals surface area contributed by atoms with Crippen molar-refractivity contribution < 1.29 is 4.74 Å². The Morgan fingerprint density at radius 1 is 1.10 bits per heavy atom. The molecule has 5 rings (SSSR count). The molecule has 0 amide bonds. The van der Waals surface area contributed by atoms with Crippen LogP contribution in [0.3, 0.4) is 0 Å². The van der Waals surface area contributed by atoms with Crippen LogP contribution < -0.4 is 4.74 Å². The van der Waals surface area contributed by atoms with Crippen molar-refractivity contribution in [2.75, 3.05) is 33.3 Å². The van der Waals surface area contributed by atoms with Crippen LogP contribution in [0.1, 0.15) is 31.2 Å². The fourth-order valence-corrected chi connectivity index (χ4v) is 5.04. The van der Waals surface area contributed by atoms with Crippen LogP contribution in [0.25, 0.3) is 0 Å². The van der Waals surface area contributed by atoms with Crippen LogP contribution in [0.15, 0.2) is 24.3 Å². The van der Waals surface area contributed by atoms with Gasteiger partial charge in [-0.15, -0.1) is 0 Å². The average molecular weight is 286 g/mol. The van der Waals surface area contributed by atoms with E-state index in [0.717, 1.165) is 23.8 Å². The molecule has 0 spiro atoms. The third-order valence-corrected chi connectivity index (χ3v) is 6.04. The Hall–Kier alpha value is -1.06. The van der Waals surface area contributed by atoms with Crippen molar-refractivity contribution >= 4 is 0 Å². The lowest BCUT2D eigenvalue weighted by molar-refractivity contribution is -0.00509. The van der Waals surface area contributed by atoms with Gasteiger partial charge in [0.2, 0.25) is 0 Å². The second kappa shape index (κ2) is 5.29. The molecule has 0 aliphatic carbocycles. The van der Waals surface area contributed by atoms with Crippen molar-refractivity contribution in [1.29, 1.82) is 0 Å². The lowest BCUT2D eigenvalue weighted by Gasteiger charge is -2.51. The second-order valence-corrected chi connectivity index (χ2v) is 6.82. The summed E-state index contributed by atoms with van der Waals surface area (Å²) in [4.78, 5) is 5.52. The minimum atomic E-state index is 0.670. The SMILES string of the molecule is CCN1C[C@@H](c2ccc(OC)cc2)[C@@H]2[C@H]1C1CCN2CC1. The van der Waals surface area contributed by atoms with E-state index in [0.29, 0.717) is 5.92 Å². The van der Waals surface area contributed by atoms with Crippen molar-refractivity contribution in [3.63, 3.8) is 0 Å². The fraction of sp³-hybridized carbons (Fsp3) is 0.667. The van der Waals surface area contributed by atoms with Crippen molar-refractivity contribution in [1.82, 2.24) is 9.80 Å². The zero-order valence-electron chi connectivity index (χ0n) is 13.2. The maximum atomic E-state index is 5.31. The zero-order chi connectivity index (χ0) is 14.4. The number of hydrogen-bond donors (Lipinski definition) is 0. The third kappa shape index (κ3) is 2.09. The molecule has 0 unspecified atom stereocenters. The minimum Gasteiger partial charge on any atom is -0.497 e. The Bertz CT molecular complexity index is 492. The van der Waals surface area contributed by atoms with Crippen LogP contribution in [0, 0.1) is 5.92 Å². The van der Waals surface area contributed by atoms with Gasteiger partial charge in [-0.25, -0.2) is 0 Å². The summed E-state index contributed by atoms with van der Waals surface area (Å²) in [7, 11) is 1.74. The lowest BCUT2D eigenvalue weighted by Crippen LogP contribution is -2.60. The van der Waals surface area contributed by atoms with Gasteiger partial charge in [-0.05, 0) is 56.1 Å². The van der Waals surface area contributed by atoms with Gasteiger partial charge >= 0.3 is 0 Å². The van der Waals surface area contributed by atoms with E-state index in [4.69, 9.17) is 4.74 Å². The first kappa shape index (κ1) is 13.6. The number of methoxy groups -OCH3 is 1. The van der Waals surface area contributed by atoms with Gasteiger partial charge in [0.25, 0.3) is 0 Å². The predicted molar refractivity (Wildman–Crippen MR) is 84.9 cm³/mol. The maximum Gasteiger partial charge on any atom is 0.118 e. The molecule has 2 bridgehead atoms. The summed E-state index contributed by atoms with van der Waals surface area (Å²) in [5.41, 5.74) is 1.49. The molecule has 1 aromatic carbocycles. The highest BCUT2D eigenvalue weighted by Gasteiger charge is 2.52. The highest BCUT2D eigenvalue weighted by Crippen LogP contribution is 2.46. The number of hydrogen-bond acceptors (Lipinski definition) is 3. The molecule has 0 N–H and O–H groups in total. The van der Waals surface area contributed by atoms with Crippen molar-refractivity contribution in [2.24, 2.45) is 5.92 Å². The first-order valence-electron chi connectivity index (χ1n) is 8.44. The number of benzene rings is 1. The standard InChI is InChI=1S/C18H26N2O/c1-3-19-12-16(13-4-6-15(21-2)7-5-13)18-17(19)14-8-10-20(18)11-9-14/h4-7,14,16-18H,3,8-12H2,1-2H3/t16-,17+,18+/m0/s1. The van der Waals surface area contributed by atoms with E-state index in [1.165, 1.54) is 44.6 Å². The maximum absolute atomic E-state index is 5.31. The van der Waals surface area contributed by atoms with Gasteiger partial charge in [0.15, 0.2) is 0 Å². The van der Waals surface area contributed by atoms with Crippen molar-refractivity contribution in [2.45, 2.75) is 37.8 Å². The summed E-state index contributed by atoms with van der Waals surface area (Å²) in [6.45, 7) is 7.38. The van der Waals surface area contributed by atoms with Gasteiger partial charge < -0.3 is 4.74 Å². The molecular formula is C18H26N2O. The lowest BCUT2D eigenvalue weighted by atomic mass is 9.75. The highest BCUT2D eigenvalue weighted by molar-refractivity contribution is 5.32. The van der Waals surface area contributed by atoms with E-state index in [1.807, 2.05) is 0 Å². The topological polar surface area (TPSA) is 15.7 Å². The van der Waals surface area contributed by atoms with Gasteiger partial charge in [0, 0.05) is 24.5 Å². The molecule has 4 fully saturated rings. The monoisotopic (exact) mass is 286 g/mol. The molecular weight excluding hydrogens is 260 g/mol. The number of rotatable bonds is 3. The first-order valence-corrected chi connectivity index (χ1v) is 8.44. The molecule has 3 heteroatoms. The summed E-state index contributed by atoms with van der Waals surface area (Å²) in [6.07, 6.45) is 2.82. The minimum absolute atomic E-state index is 0.670. The summed E-state index contributed by atoms with van der Waals surface area (Å²) >= 11 is 0. The van der Waals surface area contributed by atoms with E-state index in [2.05, 4.69) is 41.0 Å². The summed E-state index contributed by atoms with van der Waals surface area (Å²) in [5, 5.41) is 0. The normalized spacial score (nSPS) is 38.5. The quantitative estimate of drug-likeness (QED) is 0.849. The van der Waals surface area contributed by atoms with Gasteiger partial charge in [0.05, 0.1) is 7.11 Å². The number of likely N-dealkylation sites (N-methyl/N-ethyl adjacent to an activating group) is 1. The molecule has 3 atom stereocenters. The molecule has 4 aliphatic heterocycles. The molecule has 4 heterocycles. The van der Waals surface area contributed by atoms with Crippen LogP contribution in [-0.4, -0.2) is 55.2 Å². The first-order chi connectivity index (χ1) is 10.3.